The number of benzene rings is 1. The van der Waals surface area contributed by atoms with Gasteiger partial charge in [0.2, 0.25) is 0 Å². The van der Waals surface area contributed by atoms with Gasteiger partial charge in [0, 0.05) is 5.69 Å². The number of halogens is 2. The van der Waals surface area contributed by atoms with Gasteiger partial charge >= 0.3 is 0 Å². The average molecular weight is 214 g/mol. The second-order valence-electron chi connectivity index (χ2n) is 2.92. The minimum absolute atomic E-state index is 0.146. The van der Waals surface area contributed by atoms with Crippen molar-refractivity contribution in [3.8, 4) is 6.07 Å². The number of hydrogen-bond acceptors (Lipinski definition) is 4. The monoisotopic (exact) mass is 214 g/mol. The summed E-state index contributed by atoms with van der Waals surface area (Å²) in [5.74, 6) is -2.20. The maximum absolute atomic E-state index is 13.2. The van der Waals surface area contributed by atoms with E-state index in [1.807, 2.05) is 0 Å². The van der Waals surface area contributed by atoms with Crippen LogP contribution in [-0.4, -0.2) is 16.3 Å². The Labute approximate surface area is 84.2 Å². The van der Waals surface area contributed by atoms with Crippen LogP contribution < -0.4 is 5.73 Å². The molecule has 15 heavy (non-hydrogen) atoms. The summed E-state index contributed by atoms with van der Waals surface area (Å²) in [4.78, 5) is 0. The number of nitrogens with zero attached hydrogens (tertiary/aromatic N) is 1. The van der Waals surface area contributed by atoms with Crippen LogP contribution in [0.4, 0.5) is 14.5 Å². The summed E-state index contributed by atoms with van der Waals surface area (Å²) in [6.45, 7) is 0. The van der Waals surface area contributed by atoms with E-state index in [1.165, 1.54) is 6.07 Å². The van der Waals surface area contributed by atoms with Gasteiger partial charge in [-0.2, -0.15) is 5.26 Å². The van der Waals surface area contributed by atoms with Crippen LogP contribution in [0.25, 0.3) is 0 Å². The summed E-state index contributed by atoms with van der Waals surface area (Å²) >= 11 is 0. The molecular weight excluding hydrogens is 206 g/mol. The lowest BCUT2D eigenvalue weighted by molar-refractivity contribution is 0.0477. The SMILES string of the molecule is N#CC(O)C(O)c1c(F)cc(N)cc1F. The molecule has 4 nitrogen and oxygen atoms in total. The number of nitrogen functional groups attached to an aromatic ring is 1. The first kappa shape index (κ1) is 11.4. The maximum atomic E-state index is 13.2. The topological polar surface area (TPSA) is 90.3 Å². The lowest BCUT2D eigenvalue weighted by Gasteiger charge is -2.14. The quantitative estimate of drug-likeness (QED) is 0.493. The molecule has 0 heterocycles. The summed E-state index contributed by atoms with van der Waals surface area (Å²) < 4.78 is 26.3. The third-order valence-electron chi connectivity index (χ3n) is 1.83. The van der Waals surface area contributed by atoms with Crippen LogP contribution in [0.15, 0.2) is 12.1 Å². The Morgan fingerprint density at radius 1 is 1.27 bits per heavy atom. The molecule has 0 fully saturated rings. The fourth-order valence-corrected chi connectivity index (χ4v) is 1.11. The molecule has 4 N–H and O–H groups in total. The van der Waals surface area contributed by atoms with Crippen LogP contribution in [-0.2, 0) is 0 Å². The normalized spacial score (nSPS) is 14.3. The van der Waals surface area contributed by atoms with Crippen molar-refractivity contribution in [3.05, 3.63) is 29.3 Å². The van der Waals surface area contributed by atoms with Crippen LogP contribution in [0, 0.1) is 23.0 Å². The molecule has 80 valence electrons. The van der Waals surface area contributed by atoms with E-state index >= 15 is 0 Å². The molecule has 0 spiro atoms. The highest BCUT2D eigenvalue weighted by Gasteiger charge is 2.25. The number of aliphatic hydroxyl groups is 2. The molecule has 1 rings (SSSR count). The number of anilines is 1. The first-order valence-electron chi connectivity index (χ1n) is 3.97. The zero-order valence-electron chi connectivity index (χ0n) is 7.48. The number of nitrogens with two attached hydrogens (primary N) is 1. The number of hydrogen-bond donors (Lipinski definition) is 3. The smallest absolute Gasteiger partial charge is 0.170 e. The molecule has 6 heteroatoms. The molecule has 0 aliphatic heterocycles. The molecule has 2 unspecified atom stereocenters. The second-order valence-corrected chi connectivity index (χ2v) is 2.92. The van der Waals surface area contributed by atoms with Crippen molar-refractivity contribution >= 4 is 5.69 Å². The van der Waals surface area contributed by atoms with Crippen molar-refractivity contribution < 1.29 is 19.0 Å². The van der Waals surface area contributed by atoms with E-state index in [9.17, 15) is 13.9 Å². The highest BCUT2D eigenvalue weighted by Crippen LogP contribution is 2.25. The van der Waals surface area contributed by atoms with Crippen molar-refractivity contribution in [2.75, 3.05) is 5.73 Å². The van der Waals surface area contributed by atoms with Crippen LogP contribution in [0.5, 0.6) is 0 Å². The fraction of sp³-hybridized carbons (Fsp3) is 0.222. The van der Waals surface area contributed by atoms with E-state index in [0.717, 1.165) is 12.1 Å². The largest absolute Gasteiger partial charge is 0.399 e. The molecule has 0 radical (unpaired) electrons. The summed E-state index contributed by atoms with van der Waals surface area (Å²) in [6.07, 6.45) is -3.83. The molecule has 0 saturated heterocycles. The second kappa shape index (κ2) is 4.21. The van der Waals surface area contributed by atoms with Crippen molar-refractivity contribution in [1.82, 2.24) is 0 Å². The molecule has 1 aromatic rings. The Morgan fingerprint density at radius 3 is 2.13 bits per heavy atom. The van der Waals surface area contributed by atoms with E-state index in [0.29, 0.717) is 0 Å². The van der Waals surface area contributed by atoms with Gasteiger partial charge in [-0.3, -0.25) is 0 Å². The Bertz CT molecular complexity index is 394. The maximum Gasteiger partial charge on any atom is 0.170 e. The van der Waals surface area contributed by atoms with Crippen LogP contribution in [0.3, 0.4) is 0 Å². The standard InChI is InChI=1S/C9H8F2N2O2/c10-5-1-4(13)2-6(11)8(5)9(15)7(14)3-12/h1-2,7,9,14-15H,13H2. The molecule has 0 amide bonds. The molecule has 0 aliphatic rings. The molecule has 0 saturated carbocycles. The lowest BCUT2D eigenvalue weighted by Crippen LogP contribution is -2.18. The van der Waals surface area contributed by atoms with Gasteiger partial charge in [-0.05, 0) is 12.1 Å². The Kier molecular flexibility index (Phi) is 3.19. The summed E-state index contributed by atoms with van der Waals surface area (Å²) in [6, 6.07) is 2.87. The first-order chi connectivity index (χ1) is 6.97. The molecule has 0 aromatic heterocycles. The molecule has 0 bridgehead atoms. The fourth-order valence-electron chi connectivity index (χ4n) is 1.11. The van der Waals surface area contributed by atoms with Gasteiger partial charge in [-0.1, -0.05) is 0 Å². The first-order valence-corrected chi connectivity index (χ1v) is 3.97. The van der Waals surface area contributed by atoms with Crippen molar-refractivity contribution in [1.29, 1.82) is 5.26 Å². The minimum atomic E-state index is -1.93. The number of rotatable bonds is 2. The van der Waals surface area contributed by atoms with E-state index in [-0.39, 0.29) is 5.69 Å². The predicted molar refractivity (Wildman–Crippen MR) is 47.4 cm³/mol. The molecule has 0 aliphatic carbocycles. The minimum Gasteiger partial charge on any atom is -0.399 e. The van der Waals surface area contributed by atoms with E-state index < -0.39 is 29.4 Å². The van der Waals surface area contributed by atoms with E-state index in [1.54, 1.807) is 0 Å². The van der Waals surface area contributed by atoms with Crippen LogP contribution in [0.2, 0.25) is 0 Å². The zero-order chi connectivity index (χ0) is 11.6. The molecule has 1 aromatic carbocycles. The Hall–Kier alpha value is -1.71. The van der Waals surface area contributed by atoms with Crippen LogP contribution >= 0.6 is 0 Å². The zero-order valence-corrected chi connectivity index (χ0v) is 7.48. The molecular formula is C9H8F2N2O2. The third kappa shape index (κ3) is 2.21. The summed E-state index contributed by atoms with van der Waals surface area (Å²) in [7, 11) is 0. The van der Waals surface area contributed by atoms with E-state index in [2.05, 4.69) is 0 Å². The van der Waals surface area contributed by atoms with Gasteiger partial charge in [0.05, 0.1) is 11.6 Å². The summed E-state index contributed by atoms with van der Waals surface area (Å²) in [5, 5.41) is 26.4. The third-order valence-corrected chi connectivity index (χ3v) is 1.83. The highest BCUT2D eigenvalue weighted by molar-refractivity contribution is 5.42. The molecule has 2 atom stereocenters. The number of aliphatic hydroxyl groups excluding tert-OH is 2. The van der Waals surface area contributed by atoms with E-state index in [4.69, 9.17) is 16.1 Å². The average Bonchev–Trinajstić information content (AvgIpc) is 2.14. The highest BCUT2D eigenvalue weighted by atomic mass is 19.1. The Balaban J connectivity index is 3.21. The van der Waals surface area contributed by atoms with Crippen molar-refractivity contribution in [2.45, 2.75) is 12.2 Å². The Morgan fingerprint density at radius 2 is 1.73 bits per heavy atom. The van der Waals surface area contributed by atoms with Gasteiger partial charge in [0.15, 0.2) is 6.10 Å². The van der Waals surface area contributed by atoms with Gasteiger partial charge in [-0.25, -0.2) is 8.78 Å². The van der Waals surface area contributed by atoms with Crippen molar-refractivity contribution in [2.24, 2.45) is 0 Å². The van der Waals surface area contributed by atoms with Gasteiger partial charge in [0.25, 0.3) is 0 Å². The van der Waals surface area contributed by atoms with Crippen molar-refractivity contribution in [3.63, 3.8) is 0 Å². The van der Waals surface area contributed by atoms with Gasteiger partial charge in [0.1, 0.15) is 17.7 Å². The predicted octanol–water partition coefficient (Wildman–Crippen LogP) is 0.465. The van der Waals surface area contributed by atoms with Gasteiger partial charge in [-0.15, -0.1) is 0 Å². The lowest BCUT2D eigenvalue weighted by atomic mass is 10.0. The summed E-state index contributed by atoms with van der Waals surface area (Å²) in [5.41, 5.74) is 4.24. The number of nitriles is 1. The van der Waals surface area contributed by atoms with Crippen LogP contribution in [0.1, 0.15) is 11.7 Å². The van der Waals surface area contributed by atoms with Gasteiger partial charge < -0.3 is 15.9 Å².